The molecule has 1 spiro atoms. The van der Waals surface area contributed by atoms with E-state index < -0.39 is 5.60 Å². The number of fused-ring (bicyclic) bond motifs is 2. The van der Waals surface area contributed by atoms with Gasteiger partial charge < -0.3 is 9.64 Å². The largest absolute Gasteiger partial charge is 0.484 e. The number of amides is 1. The molecule has 1 unspecified atom stereocenters. The Hall–Kier alpha value is -2.38. The average molecular weight is 411 g/mol. The number of thiazole rings is 1. The number of hydrogen-bond donors (Lipinski definition) is 0. The molecule has 2 aromatic carbocycles. The maximum absolute atomic E-state index is 12.7. The number of likely N-dealkylation sites (tertiary alicyclic amines) is 1. The highest BCUT2D eigenvalue weighted by Crippen LogP contribution is 2.39. The van der Waals surface area contributed by atoms with Gasteiger partial charge in [-0.3, -0.25) is 9.59 Å². The Balaban J connectivity index is 1.24. The van der Waals surface area contributed by atoms with Gasteiger partial charge in [0.2, 0.25) is 5.91 Å². The summed E-state index contributed by atoms with van der Waals surface area (Å²) in [6.45, 7) is 1.08. The number of Topliss-reactive ketones (excluding diaryl/α,β-unsaturated/α-hetero) is 1. The molecule has 28 heavy (non-hydrogen) atoms. The zero-order valence-electron chi connectivity index (χ0n) is 15.1. The van der Waals surface area contributed by atoms with Crippen molar-refractivity contribution in [3.05, 3.63) is 54.1 Å². The molecule has 5 rings (SSSR count). The van der Waals surface area contributed by atoms with Crippen molar-refractivity contribution in [1.29, 1.82) is 0 Å². The fourth-order valence-electron chi connectivity index (χ4n) is 3.86. The summed E-state index contributed by atoms with van der Waals surface area (Å²) in [6.07, 6.45) is 1.02. The summed E-state index contributed by atoms with van der Waals surface area (Å²) < 4.78 is 8.24. The zero-order valence-corrected chi connectivity index (χ0v) is 16.7. The molecule has 3 aromatic rings. The maximum Gasteiger partial charge on any atom is 0.233 e. The van der Waals surface area contributed by atoms with Gasteiger partial charge in [0.05, 0.1) is 34.5 Å². The number of ketones is 1. The number of rotatable bonds is 3. The minimum Gasteiger partial charge on any atom is -0.484 e. The molecule has 1 fully saturated rings. The molecule has 7 heteroatoms. The first-order valence-electron chi connectivity index (χ1n) is 9.19. The third-order valence-corrected chi connectivity index (χ3v) is 7.42. The first-order valence-corrected chi connectivity index (χ1v) is 11.0. The molecule has 1 saturated heterocycles. The van der Waals surface area contributed by atoms with Crippen LogP contribution in [0.4, 0.5) is 0 Å². The van der Waals surface area contributed by atoms with Gasteiger partial charge in [0.25, 0.3) is 0 Å². The standard InChI is InChI=1S/C21H18N2O3S2/c24-16-11-21(26-17-7-3-1-5-14(16)17)9-10-23(13-21)19(25)12-27-20-22-15-6-2-4-8-18(15)28-20/h1-8H,9-13H2. The van der Waals surface area contributed by atoms with Crippen LogP contribution in [-0.4, -0.2) is 46.0 Å². The molecule has 0 bridgehead atoms. The second-order valence-corrected chi connectivity index (χ2v) is 9.44. The van der Waals surface area contributed by atoms with E-state index in [2.05, 4.69) is 4.98 Å². The highest BCUT2D eigenvalue weighted by molar-refractivity contribution is 8.01. The van der Waals surface area contributed by atoms with E-state index in [-0.39, 0.29) is 11.7 Å². The van der Waals surface area contributed by atoms with Gasteiger partial charge in [0.1, 0.15) is 11.4 Å². The number of thioether (sulfide) groups is 1. The van der Waals surface area contributed by atoms with E-state index in [1.807, 2.05) is 47.4 Å². The number of carbonyl (C=O) groups is 2. The van der Waals surface area contributed by atoms with Gasteiger partial charge in [-0.1, -0.05) is 36.0 Å². The molecule has 0 radical (unpaired) electrons. The molecule has 0 saturated carbocycles. The van der Waals surface area contributed by atoms with Crippen molar-refractivity contribution in [3.63, 3.8) is 0 Å². The van der Waals surface area contributed by atoms with E-state index in [1.54, 1.807) is 17.4 Å². The highest BCUT2D eigenvalue weighted by Gasteiger charge is 2.46. The number of ether oxygens (including phenoxy) is 1. The quantitative estimate of drug-likeness (QED) is 0.610. The van der Waals surface area contributed by atoms with E-state index in [0.717, 1.165) is 14.6 Å². The van der Waals surface area contributed by atoms with E-state index in [1.165, 1.54) is 11.8 Å². The topological polar surface area (TPSA) is 59.5 Å². The van der Waals surface area contributed by atoms with Crippen molar-refractivity contribution in [2.45, 2.75) is 22.8 Å². The Bertz CT molecular complexity index is 1050. The highest BCUT2D eigenvalue weighted by atomic mass is 32.2. The molecule has 0 aliphatic carbocycles. The van der Waals surface area contributed by atoms with Crippen LogP contribution in [0.2, 0.25) is 0 Å². The average Bonchev–Trinajstić information content (AvgIpc) is 3.30. The van der Waals surface area contributed by atoms with Gasteiger partial charge >= 0.3 is 0 Å². The summed E-state index contributed by atoms with van der Waals surface area (Å²) in [6, 6.07) is 15.3. The molecule has 3 heterocycles. The van der Waals surface area contributed by atoms with Crippen molar-refractivity contribution in [1.82, 2.24) is 9.88 Å². The molecule has 2 aliphatic heterocycles. The predicted molar refractivity (Wildman–Crippen MR) is 110 cm³/mol. The smallest absolute Gasteiger partial charge is 0.233 e. The third-order valence-electron chi connectivity index (χ3n) is 5.26. The van der Waals surface area contributed by atoms with Crippen LogP contribution in [-0.2, 0) is 4.79 Å². The SMILES string of the molecule is O=C1CC2(CCN(C(=O)CSc3nc4ccccc4s3)C2)Oc2ccccc21. The molecule has 0 N–H and O–H groups in total. The lowest BCUT2D eigenvalue weighted by Gasteiger charge is -2.34. The first-order chi connectivity index (χ1) is 13.6. The van der Waals surface area contributed by atoms with Crippen LogP contribution in [0.25, 0.3) is 10.2 Å². The summed E-state index contributed by atoms with van der Waals surface area (Å²) >= 11 is 3.08. The summed E-state index contributed by atoms with van der Waals surface area (Å²) in [5.41, 5.74) is 1.03. The molecular weight excluding hydrogens is 392 g/mol. The lowest BCUT2D eigenvalue weighted by Crippen LogP contribution is -2.45. The zero-order chi connectivity index (χ0) is 19.1. The van der Waals surface area contributed by atoms with Crippen LogP contribution >= 0.6 is 23.1 Å². The van der Waals surface area contributed by atoms with Crippen LogP contribution in [0.3, 0.4) is 0 Å². The Kier molecular flexibility index (Phi) is 4.36. The molecule has 1 atom stereocenters. The van der Waals surface area contributed by atoms with Gasteiger partial charge in [0.15, 0.2) is 10.1 Å². The fraction of sp³-hybridized carbons (Fsp3) is 0.286. The van der Waals surface area contributed by atoms with E-state index >= 15 is 0 Å². The van der Waals surface area contributed by atoms with Gasteiger partial charge in [-0.25, -0.2) is 4.98 Å². The Morgan fingerprint density at radius 2 is 2.04 bits per heavy atom. The van der Waals surface area contributed by atoms with Gasteiger partial charge in [0, 0.05) is 13.0 Å². The van der Waals surface area contributed by atoms with Crippen molar-refractivity contribution in [2.75, 3.05) is 18.8 Å². The van der Waals surface area contributed by atoms with Crippen LogP contribution < -0.4 is 4.74 Å². The van der Waals surface area contributed by atoms with Crippen molar-refractivity contribution < 1.29 is 14.3 Å². The fourth-order valence-corrected chi connectivity index (χ4v) is 5.83. The van der Waals surface area contributed by atoms with E-state index in [0.29, 0.717) is 43.0 Å². The third kappa shape index (κ3) is 3.18. The van der Waals surface area contributed by atoms with E-state index in [4.69, 9.17) is 4.74 Å². The summed E-state index contributed by atoms with van der Waals surface area (Å²) in [4.78, 5) is 31.6. The van der Waals surface area contributed by atoms with Gasteiger partial charge in [-0.15, -0.1) is 11.3 Å². The van der Waals surface area contributed by atoms with Crippen LogP contribution in [0.1, 0.15) is 23.2 Å². The first kappa shape index (κ1) is 17.7. The number of hydrogen-bond acceptors (Lipinski definition) is 6. The van der Waals surface area contributed by atoms with Crippen LogP contribution in [0, 0.1) is 0 Å². The number of aromatic nitrogens is 1. The minimum absolute atomic E-state index is 0.0658. The van der Waals surface area contributed by atoms with Crippen molar-refractivity contribution in [2.24, 2.45) is 0 Å². The maximum atomic E-state index is 12.7. The van der Waals surface area contributed by atoms with Crippen LogP contribution in [0.5, 0.6) is 5.75 Å². The Morgan fingerprint density at radius 1 is 1.21 bits per heavy atom. The number of benzene rings is 2. The second-order valence-electron chi connectivity index (χ2n) is 7.18. The summed E-state index contributed by atoms with van der Waals surface area (Å²) in [7, 11) is 0. The predicted octanol–water partition coefficient (Wildman–Crippen LogP) is 4.02. The Labute approximate surface area is 170 Å². The summed E-state index contributed by atoms with van der Waals surface area (Å²) in [5, 5.41) is 0. The molecule has 5 nitrogen and oxygen atoms in total. The van der Waals surface area contributed by atoms with E-state index in [9.17, 15) is 9.59 Å². The van der Waals surface area contributed by atoms with Crippen molar-refractivity contribution >= 4 is 45.0 Å². The summed E-state index contributed by atoms with van der Waals surface area (Å²) in [5.74, 6) is 1.15. The number of nitrogens with zero attached hydrogens (tertiary/aromatic N) is 2. The lowest BCUT2D eigenvalue weighted by atomic mass is 9.89. The Morgan fingerprint density at radius 3 is 2.93 bits per heavy atom. The number of para-hydroxylation sites is 2. The molecule has 1 amide bonds. The van der Waals surface area contributed by atoms with Gasteiger partial charge in [-0.05, 0) is 24.3 Å². The van der Waals surface area contributed by atoms with Crippen LogP contribution in [0.15, 0.2) is 52.9 Å². The minimum atomic E-state index is -0.582. The monoisotopic (exact) mass is 410 g/mol. The molecule has 1 aromatic heterocycles. The molecular formula is C21H18N2O3S2. The normalized spacial score (nSPS) is 21.1. The van der Waals surface area contributed by atoms with Crippen molar-refractivity contribution in [3.8, 4) is 5.75 Å². The van der Waals surface area contributed by atoms with Gasteiger partial charge in [-0.2, -0.15) is 0 Å². The number of carbonyl (C=O) groups excluding carboxylic acids is 2. The second kappa shape index (κ2) is 6.90. The lowest BCUT2D eigenvalue weighted by molar-refractivity contribution is -0.128. The molecule has 142 valence electrons. The molecule has 2 aliphatic rings.